The van der Waals surface area contributed by atoms with Gasteiger partial charge in [0, 0.05) is 13.0 Å². The Hall–Kier alpha value is -0.920. The molecule has 296 valence electrons. The highest BCUT2D eigenvalue weighted by molar-refractivity contribution is 7.47. The summed E-state index contributed by atoms with van der Waals surface area (Å²) in [6.07, 6.45) is 15.8. The number of phosphoric acid groups is 1. The quantitative estimate of drug-likeness (QED) is 0.0193. The summed E-state index contributed by atoms with van der Waals surface area (Å²) in [7, 11) is -5.00. The van der Waals surface area contributed by atoms with Crippen LogP contribution in [-0.2, 0) is 27.9 Å². The molecule has 0 aromatic rings. The van der Waals surface area contributed by atoms with E-state index in [2.05, 4.69) is 26.0 Å². The Labute approximate surface area is 301 Å². The molecule has 0 bridgehead atoms. The van der Waals surface area contributed by atoms with E-state index in [1.807, 2.05) is 0 Å². The first-order chi connectivity index (χ1) is 24.0. The third-order valence-corrected chi connectivity index (χ3v) is 10.1. The number of phosphoric ester groups is 1. The zero-order valence-electron chi connectivity index (χ0n) is 31.0. The Morgan fingerprint density at radius 3 is 1.64 bits per heavy atom. The van der Waals surface area contributed by atoms with E-state index in [9.17, 15) is 39.8 Å². The van der Waals surface area contributed by atoms with Crippen LogP contribution in [0.2, 0.25) is 0 Å². The van der Waals surface area contributed by atoms with Gasteiger partial charge in [0.1, 0.15) is 42.7 Å². The Morgan fingerprint density at radius 2 is 1.08 bits per heavy atom. The zero-order chi connectivity index (χ0) is 37.0. The molecule has 0 aliphatic heterocycles. The second-order valence-corrected chi connectivity index (χ2v) is 15.2. The van der Waals surface area contributed by atoms with E-state index in [0.717, 1.165) is 57.8 Å². The van der Waals surface area contributed by atoms with Crippen LogP contribution < -0.4 is 0 Å². The highest BCUT2D eigenvalue weighted by Gasteiger charge is 2.51. The molecule has 1 aliphatic carbocycles. The molecule has 6 atom stereocenters. The van der Waals surface area contributed by atoms with Crippen molar-refractivity contribution in [3.05, 3.63) is 12.2 Å². The molecule has 0 spiro atoms. The summed E-state index contributed by atoms with van der Waals surface area (Å²) in [4.78, 5) is 23.0. The lowest BCUT2D eigenvalue weighted by Crippen LogP contribution is -2.64. The van der Waals surface area contributed by atoms with E-state index in [1.165, 1.54) is 70.6 Å². The molecule has 12 nitrogen and oxygen atoms in total. The standard InChI is InChI=1S/C37H71O12P/c1-3-5-7-9-11-13-15-17-19-21-23-25-27-46-28-30(48-31(38)26-24-22-20-18-16-14-12-10-8-6-4-2)29-47-50(44,45)49-37-35(42)33(40)32(39)34(41)36(37)43/h10,12,30,32-37,39-43H,3-9,11,13-29H2,1-2H3,(H,44,45)/b12-10-. The third kappa shape index (κ3) is 22.2. The van der Waals surface area contributed by atoms with E-state index in [-0.39, 0.29) is 13.0 Å². The van der Waals surface area contributed by atoms with E-state index < -0.39 is 63.1 Å². The van der Waals surface area contributed by atoms with Crippen molar-refractivity contribution in [1.82, 2.24) is 0 Å². The molecule has 0 amide bonds. The minimum absolute atomic E-state index is 0.0756. The van der Waals surface area contributed by atoms with Crippen LogP contribution in [0.4, 0.5) is 0 Å². The van der Waals surface area contributed by atoms with E-state index in [1.54, 1.807) is 0 Å². The third-order valence-electron chi connectivity index (χ3n) is 9.14. The van der Waals surface area contributed by atoms with Gasteiger partial charge in [-0.3, -0.25) is 13.8 Å². The van der Waals surface area contributed by atoms with Crippen molar-refractivity contribution in [2.24, 2.45) is 0 Å². The van der Waals surface area contributed by atoms with Crippen molar-refractivity contribution in [1.29, 1.82) is 0 Å². The molecule has 0 aromatic heterocycles. The molecule has 1 saturated carbocycles. The van der Waals surface area contributed by atoms with Gasteiger partial charge in [-0.1, -0.05) is 129 Å². The molecule has 0 saturated heterocycles. The number of allylic oxidation sites excluding steroid dienone is 2. The molecule has 1 fully saturated rings. The molecule has 0 aromatic carbocycles. The number of unbranched alkanes of at least 4 members (excludes halogenated alkanes) is 18. The lowest BCUT2D eigenvalue weighted by molar-refractivity contribution is -0.220. The lowest BCUT2D eigenvalue weighted by atomic mass is 9.85. The van der Waals surface area contributed by atoms with Gasteiger partial charge < -0.3 is 39.9 Å². The maximum absolute atomic E-state index is 12.7. The van der Waals surface area contributed by atoms with Gasteiger partial charge in [0.25, 0.3) is 0 Å². The van der Waals surface area contributed by atoms with E-state index in [0.29, 0.717) is 13.0 Å². The topological polar surface area (TPSA) is 192 Å². The van der Waals surface area contributed by atoms with Gasteiger partial charge >= 0.3 is 13.8 Å². The summed E-state index contributed by atoms with van der Waals surface area (Å²) < 4.78 is 33.9. The number of aliphatic hydroxyl groups is 5. The largest absolute Gasteiger partial charge is 0.472 e. The summed E-state index contributed by atoms with van der Waals surface area (Å²) in [6, 6.07) is 0. The van der Waals surface area contributed by atoms with E-state index >= 15 is 0 Å². The zero-order valence-corrected chi connectivity index (χ0v) is 31.8. The van der Waals surface area contributed by atoms with Crippen LogP contribution in [0.1, 0.15) is 155 Å². The average Bonchev–Trinajstić information content (AvgIpc) is 3.09. The first-order valence-corrected chi connectivity index (χ1v) is 21.0. The fraction of sp³-hybridized carbons (Fsp3) is 0.919. The summed E-state index contributed by atoms with van der Waals surface area (Å²) in [5, 5.41) is 49.9. The second kappa shape index (κ2) is 29.5. The highest BCUT2D eigenvalue weighted by atomic mass is 31.2. The smallest absolute Gasteiger partial charge is 0.457 e. The van der Waals surface area contributed by atoms with Crippen LogP contribution in [0, 0.1) is 0 Å². The monoisotopic (exact) mass is 738 g/mol. The molecule has 0 radical (unpaired) electrons. The van der Waals surface area contributed by atoms with E-state index in [4.69, 9.17) is 18.5 Å². The molecule has 1 aliphatic rings. The molecule has 6 N–H and O–H groups in total. The van der Waals surface area contributed by atoms with Crippen LogP contribution in [0.15, 0.2) is 12.2 Å². The molecule has 0 heterocycles. The Morgan fingerprint density at radius 1 is 0.620 bits per heavy atom. The maximum Gasteiger partial charge on any atom is 0.472 e. The van der Waals surface area contributed by atoms with Gasteiger partial charge in [0.2, 0.25) is 0 Å². The number of hydrogen-bond donors (Lipinski definition) is 6. The number of ether oxygens (including phenoxy) is 2. The van der Waals surface area contributed by atoms with Crippen molar-refractivity contribution >= 4 is 13.8 Å². The number of carbonyl (C=O) groups excluding carboxylic acids is 1. The van der Waals surface area contributed by atoms with Gasteiger partial charge in [0.15, 0.2) is 0 Å². The predicted molar refractivity (Wildman–Crippen MR) is 193 cm³/mol. The first-order valence-electron chi connectivity index (χ1n) is 19.5. The first kappa shape index (κ1) is 47.1. The normalized spacial score (nSPS) is 24.4. The van der Waals surface area contributed by atoms with Gasteiger partial charge in [-0.15, -0.1) is 0 Å². The highest BCUT2D eigenvalue weighted by Crippen LogP contribution is 2.47. The molecular formula is C37H71O12P. The average molecular weight is 739 g/mol. The van der Waals surface area contributed by atoms with Crippen molar-refractivity contribution in [3.8, 4) is 0 Å². The summed E-state index contributed by atoms with van der Waals surface area (Å²) in [5.74, 6) is -0.488. The molecule has 13 heteroatoms. The van der Waals surface area contributed by atoms with Gasteiger partial charge in [-0.25, -0.2) is 4.57 Å². The number of hydrogen-bond acceptors (Lipinski definition) is 11. The minimum atomic E-state index is -5.00. The van der Waals surface area contributed by atoms with Crippen LogP contribution in [0.5, 0.6) is 0 Å². The number of esters is 1. The Balaban J connectivity index is 2.48. The van der Waals surface area contributed by atoms with Gasteiger partial charge in [-0.2, -0.15) is 0 Å². The fourth-order valence-corrected chi connectivity index (χ4v) is 6.90. The maximum atomic E-state index is 12.7. The molecular weight excluding hydrogens is 667 g/mol. The van der Waals surface area contributed by atoms with Crippen LogP contribution in [-0.4, -0.2) is 98.9 Å². The van der Waals surface area contributed by atoms with Crippen molar-refractivity contribution in [2.75, 3.05) is 19.8 Å². The van der Waals surface area contributed by atoms with Crippen molar-refractivity contribution in [2.45, 2.75) is 198 Å². The minimum Gasteiger partial charge on any atom is -0.457 e. The Kier molecular flexibility index (Phi) is 27.8. The number of carbonyl (C=O) groups is 1. The number of rotatable bonds is 32. The lowest BCUT2D eigenvalue weighted by Gasteiger charge is -2.41. The summed E-state index contributed by atoms with van der Waals surface area (Å²) in [5.41, 5.74) is 0. The Bertz CT molecular complexity index is 890. The molecule has 50 heavy (non-hydrogen) atoms. The van der Waals surface area contributed by atoms with Crippen LogP contribution in [0.25, 0.3) is 0 Å². The molecule has 1 rings (SSSR count). The van der Waals surface area contributed by atoms with Crippen LogP contribution >= 0.6 is 7.82 Å². The van der Waals surface area contributed by atoms with Crippen LogP contribution in [0.3, 0.4) is 0 Å². The SMILES string of the molecule is CCCC/C=C\CCCCCCCC(=O)OC(COCCCCCCCCCCCCCC)COP(=O)(O)OC1C(O)C(O)C(O)C(O)C1O. The van der Waals surface area contributed by atoms with Gasteiger partial charge in [0.05, 0.1) is 13.2 Å². The second-order valence-electron chi connectivity index (χ2n) is 13.8. The predicted octanol–water partition coefficient (Wildman–Crippen LogP) is 6.41. The fourth-order valence-electron chi connectivity index (χ4n) is 5.92. The number of aliphatic hydroxyl groups excluding tert-OH is 5. The van der Waals surface area contributed by atoms with Gasteiger partial charge in [-0.05, 0) is 32.1 Å². The summed E-state index contributed by atoms with van der Waals surface area (Å²) >= 11 is 0. The summed E-state index contributed by atoms with van der Waals surface area (Å²) in [6.45, 7) is 4.18. The van der Waals surface area contributed by atoms with Crippen molar-refractivity contribution < 1.29 is 58.3 Å². The van der Waals surface area contributed by atoms with Crippen molar-refractivity contribution in [3.63, 3.8) is 0 Å². The molecule has 6 unspecified atom stereocenters.